The molecule has 2 nitrogen and oxygen atoms in total. The molecule has 0 heterocycles. The molecule has 670 valence electrons. The van der Waals surface area contributed by atoms with E-state index in [-0.39, 0.29) is 5.97 Å². The molecule has 0 aromatic rings. The Labute approximate surface area is 687 Å². The van der Waals surface area contributed by atoms with Gasteiger partial charge in [-0.3, -0.25) is 4.79 Å². The highest BCUT2D eigenvalue weighted by atomic mass is 16.5. The van der Waals surface area contributed by atoms with Gasteiger partial charge in [-0.2, -0.15) is 0 Å². The van der Waals surface area contributed by atoms with Gasteiger partial charge in [0.15, 0.2) is 0 Å². The third-order valence-electron chi connectivity index (χ3n) is 14.4. The minimum Gasteiger partial charge on any atom is -0.469 e. The average molecular weight is 1520 g/mol. The second-order valence-corrected chi connectivity index (χ2v) is 27.8. The highest BCUT2D eigenvalue weighted by Crippen LogP contribution is 1.97. The van der Waals surface area contributed by atoms with Crippen LogP contribution in [-0.2, 0) is 9.53 Å². The molecule has 0 saturated heterocycles. The Morgan fingerprint density at radius 3 is 0.152 bits per heavy atom. The molecular formula is C103H246O2. The topological polar surface area (TPSA) is 26.3 Å². The van der Waals surface area contributed by atoms with Crippen molar-refractivity contribution in [2.24, 2.45) is 0 Å². The largest absolute Gasteiger partial charge is 0.469 e. The number of rotatable bonds is 40. The fraction of sp³-hybridized carbons (Fsp3) is 0.990. The molecule has 0 atom stereocenters. The third-order valence-corrected chi connectivity index (χ3v) is 14.4. The first-order valence-corrected chi connectivity index (χ1v) is 49.6. The van der Waals surface area contributed by atoms with Crippen molar-refractivity contribution in [3.05, 3.63) is 0 Å². The molecule has 0 radical (unpaired) electrons. The van der Waals surface area contributed by atoms with Crippen molar-refractivity contribution in [1.82, 2.24) is 0 Å². The van der Waals surface area contributed by atoms with E-state index in [4.69, 9.17) is 0 Å². The van der Waals surface area contributed by atoms with Crippen molar-refractivity contribution < 1.29 is 9.53 Å². The van der Waals surface area contributed by atoms with Crippen LogP contribution in [0.4, 0.5) is 0 Å². The smallest absolute Gasteiger partial charge is 0.302 e. The molecule has 0 N–H and O–H groups in total. The van der Waals surface area contributed by atoms with E-state index in [1.807, 2.05) is 0 Å². The lowest BCUT2D eigenvalue weighted by molar-refractivity contribution is -0.137. The molecule has 0 aliphatic heterocycles. The zero-order chi connectivity index (χ0) is 86.7. The van der Waals surface area contributed by atoms with E-state index >= 15 is 0 Å². The lowest BCUT2D eigenvalue weighted by Gasteiger charge is -1.80. The summed E-state index contributed by atoms with van der Waals surface area (Å²) < 4.78 is 4.11. The second-order valence-electron chi connectivity index (χ2n) is 27.8. The number of hydrogen-bond acceptors (Lipinski definition) is 2. The highest BCUT2D eigenvalue weighted by molar-refractivity contribution is 5.65. The predicted octanol–water partition coefficient (Wildman–Crippen LogP) is 44.1. The fourth-order valence-electron chi connectivity index (χ4n) is 7.07. The lowest BCUT2D eigenvalue weighted by atomic mass is 10.3. The molecule has 0 saturated carbocycles. The molecule has 0 aliphatic rings. The Morgan fingerprint density at radius 2 is 0.152 bits per heavy atom. The summed E-state index contributed by atoms with van der Waals surface area (Å²) in [6.07, 6.45) is 81.5. The van der Waals surface area contributed by atoms with E-state index in [9.17, 15) is 4.79 Å². The van der Waals surface area contributed by atoms with Crippen LogP contribution in [-0.4, -0.2) is 13.1 Å². The van der Waals surface area contributed by atoms with Gasteiger partial charge in [0.25, 0.3) is 0 Å². The number of ether oxygens (including phenoxy) is 1. The van der Waals surface area contributed by atoms with Crippen LogP contribution in [0.1, 0.15) is 669 Å². The van der Waals surface area contributed by atoms with E-state index < -0.39 is 0 Å². The number of unbranched alkanes of at least 4 members (excludes halogenated alkanes) is 40. The van der Waals surface area contributed by atoms with Crippen molar-refractivity contribution >= 4 is 5.97 Å². The fourth-order valence-corrected chi connectivity index (χ4v) is 7.07. The van der Waals surface area contributed by atoms with Gasteiger partial charge in [-0.1, -0.05) is 662 Å². The molecule has 0 amide bonds. The summed E-state index contributed by atoms with van der Waals surface area (Å²) in [5.74, 6) is -0.245. The first-order chi connectivity index (χ1) is 50.6. The maximum atomic E-state index is 9.59. The molecule has 0 aromatic carbocycles. The molecule has 105 heavy (non-hydrogen) atoms. The summed E-state index contributed by atoms with van der Waals surface area (Å²) in [4.78, 5) is 9.59. The van der Waals surface area contributed by atoms with Gasteiger partial charge in [-0.15, -0.1) is 0 Å². The molecule has 0 aliphatic carbocycles. The van der Waals surface area contributed by atoms with Crippen LogP contribution in [0, 0.1) is 0 Å². The zero-order valence-electron chi connectivity index (χ0n) is 85.7. The van der Waals surface area contributed by atoms with Crippen molar-refractivity contribution in [2.45, 2.75) is 669 Å². The normalized spacial score (nSPS) is 8.32. The summed E-state index contributed by atoms with van der Waals surface area (Å²) in [7, 11) is 1.35. The third kappa shape index (κ3) is 619. The van der Waals surface area contributed by atoms with Gasteiger partial charge in [-0.25, -0.2) is 0 Å². The van der Waals surface area contributed by atoms with E-state index in [2.05, 4.69) is 282 Å². The molecular weight excluding hydrogens is 1270 g/mol. The van der Waals surface area contributed by atoms with Gasteiger partial charge in [0.1, 0.15) is 0 Å². The minimum atomic E-state index is -0.245. The minimum absolute atomic E-state index is 0.245. The molecule has 0 unspecified atom stereocenters. The summed E-state index contributed by atoms with van der Waals surface area (Å²) in [6, 6.07) is 0. The first-order valence-electron chi connectivity index (χ1n) is 49.6. The second kappa shape index (κ2) is 270. The molecule has 2 heteroatoms. The summed E-state index contributed by atoms with van der Waals surface area (Å²) in [6.45, 7) is 89.8. The van der Waals surface area contributed by atoms with Crippen LogP contribution in [0.3, 0.4) is 0 Å². The van der Waals surface area contributed by atoms with Gasteiger partial charge in [0.2, 0.25) is 0 Å². The summed E-state index contributed by atoms with van der Waals surface area (Å²) in [5.41, 5.74) is 0. The Balaban J connectivity index is -0.0000000371. The average Bonchev–Trinajstić information content (AvgIpc) is 3.65. The quantitative estimate of drug-likeness (QED) is 0.0572. The molecule has 0 rings (SSSR count). The van der Waals surface area contributed by atoms with E-state index in [1.165, 1.54) is 399 Å². The van der Waals surface area contributed by atoms with Crippen LogP contribution in [0.25, 0.3) is 0 Å². The van der Waals surface area contributed by atoms with Gasteiger partial charge in [0.05, 0.1) is 7.11 Å². The predicted molar refractivity (Wildman–Crippen MR) is 522 cm³/mol. The Morgan fingerprint density at radius 1 is 0.124 bits per heavy atom. The van der Waals surface area contributed by atoms with E-state index in [1.54, 1.807) is 0 Å². The monoisotopic (exact) mass is 1520 g/mol. The number of hydrogen-bond donors (Lipinski definition) is 0. The van der Waals surface area contributed by atoms with Gasteiger partial charge >= 0.3 is 5.97 Å². The van der Waals surface area contributed by atoms with Crippen molar-refractivity contribution in [2.75, 3.05) is 7.11 Å². The SMILES string of the molecule is CCCCC.CCCCC.CCCCC.CCCCC.CCCCC.CCCCC.CCCCC.CCCCC.CCCCC.CCCCC.CCCCC.CCCCC.CCCCC.CCCCC.CCCCC.CCCCC.CCCCC.CCCCC.CCCCC.CCCCC.COC(C)=O. The Kier molecular flexibility index (Phi) is 412. The molecule has 0 fully saturated rings. The zero-order valence-corrected chi connectivity index (χ0v) is 85.7. The van der Waals surface area contributed by atoms with Crippen LogP contribution in [0.15, 0.2) is 0 Å². The number of methoxy groups -OCH3 is 1. The Hall–Kier alpha value is -0.530. The standard InChI is InChI=1S/20C5H12.C3H6O2/c20*1-3-5-4-2;1-3(4)5-2/h20*3-5H2,1-2H3;1-2H3. The van der Waals surface area contributed by atoms with E-state index in [0.717, 1.165) is 0 Å². The highest BCUT2D eigenvalue weighted by Gasteiger charge is 1.78. The van der Waals surface area contributed by atoms with Gasteiger partial charge in [0, 0.05) is 6.92 Å². The summed E-state index contributed by atoms with van der Waals surface area (Å²) in [5, 5.41) is 0. The van der Waals surface area contributed by atoms with Crippen molar-refractivity contribution in [3.8, 4) is 0 Å². The number of esters is 1. The van der Waals surface area contributed by atoms with Crippen LogP contribution >= 0.6 is 0 Å². The number of carbonyl (C=O) groups is 1. The molecule has 0 bridgehead atoms. The van der Waals surface area contributed by atoms with Crippen molar-refractivity contribution in [1.29, 1.82) is 0 Å². The maximum absolute atomic E-state index is 9.59. The van der Waals surface area contributed by atoms with Crippen molar-refractivity contribution in [3.63, 3.8) is 0 Å². The first kappa shape index (κ1) is 161. The molecule has 0 spiro atoms. The van der Waals surface area contributed by atoms with Crippen LogP contribution < -0.4 is 0 Å². The van der Waals surface area contributed by atoms with Crippen LogP contribution in [0.2, 0.25) is 0 Å². The number of carbonyl (C=O) groups excluding carboxylic acids is 1. The van der Waals surface area contributed by atoms with Gasteiger partial charge < -0.3 is 4.74 Å². The Bertz CT molecular complexity index is 524. The molecule has 0 aromatic heterocycles. The van der Waals surface area contributed by atoms with Crippen LogP contribution in [0.5, 0.6) is 0 Å². The lowest BCUT2D eigenvalue weighted by Crippen LogP contribution is -1.88. The maximum Gasteiger partial charge on any atom is 0.302 e. The van der Waals surface area contributed by atoms with E-state index in [0.29, 0.717) is 0 Å². The summed E-state index contributed by atoms with van der Waals surface area (Å²) >= 11 is 0. The van der Waals surface area contributed by atoms with Gasteiger partial charge in [-0.05, 0) is 0 Å².